The summed E-state index contributed by atoms with van der Waals surface area (Å²) in [5.74, 6) is 0. The molecule has 0 atom stereocenters. The minimum Gasteiger partial charge on any atom is -0.256 e. The third-order valence-corrected chi connectivity index (χ3v) is 4.47. The van der Waals surface area contributed by atoms with Gasteiger partial charge in [-0.2, -0.15) is 0 Å². The summed E-state index contributed by atoms with van der Waals surface area (Å²) in [4.78, 5) is 8.87. The molecule has 4 nitrogen and oxygen atoms in total. The molecule has 0 aromatic carbocycles. The van der Waals surface area contributed by atoms with Gasteiger partial charge in [0.15, 0.2) is 37.9 Å². The maximum Gasteiger partial charge on any atom is 0.178 e. The van der Waals surface area contributed by atoms with Crippen LogP contribution in [0.15, 0.2) is 97.8 Å². The third-order valence-electron chi connectivity index (χ3n) is 4.47. The molecule has 0 aliphatic heterocycles. The molecule has 0 fully saturated rings. The number of pyridine rings is 4. The molecule has 0 N–H and O–H groups in total. The van der Waals surface area contributed by atoms with Crippen LogP contribution in [0.1, 0.15) is 6.42 Å². The number of hydrogen-bond acceptors (Lipinski definition) is 2. The van der Waals surface area contributed by atoms with Gasteiger partial charge in [-0.25, -0.2) is 9.13 Å². The number of rotatable bonds is 6. The molecule has 4 aromatic rings. The van der Waals surface area contributed by atoms with Crippen molar-refractivity contribution in [2.75, 3.05) is 0 Å². The van der Waals surface area contributed by atoms with Gasteiger partial charge in [-0.3, -0.25) is 9.97 Å². The first-order chi connectivity index (χ1) is 13.4. The summed E-state index contributed by atoms with van der Waals surface area (Å²) in [7, 11) is 0. The first-order valence-electron chi connectivity index (χ1n) is 9.19. The molecule has 0 aliphatic rings. The molecule has 4 rings (SSSR count). The highest BCUT2D eigenvalue weighted by atomic mass is 15.0. The average Bonchev–Trinajstić information content (AvgIpc) is 2.75. The van der Waals surface area contributed by atoms with E-state index in [0.29, 0.717) is 0 Å². The lowest BCUT2D eigenvalue weighted by molar-refractivity contribution is -0.726. The summed E-state index contributed by atoms with van der Waals surface area (Å²) >= 11 is 0. The second-order valence-corrected chi connectivity index (χ2v) is 6.44. The van der Waals surface area contributed by atoms with Crippen molar-refractivity contribution < 1.29 is 9.13 Å². The predicted octanol–water partition coefficient (Wildman–Crippen LogP) is 3.48. The Morgan fingerprint density at radius 3 is 1.56 bits per heavy atom. The molecule has 4 aromatic heterocycles. The zero-order valence-corrected chi connectivity index (χ0v) is 15.1. The van der Waals surface area contributed by atoms with Gasteiger partial charge in [0.25, 0.3) is 0 Å². The predicted molar refractivity (Wildman–Crippen MR) is 104 cm³/mol. The van der Waals surface area contributed by atoms with Crippen molar-refractivity contribution in [2.24, 2.45) is 0 Å². The molecule has 27 heavy (non-hydrogen) atoms. The Morgan fingerprint density at radius 2 is 1.11 bits per heavy atom. The number of aromatic nitrogens is 4. The fourth-order valence-corrected chi connectivity index (χ4v) is 3.13. The minimum atomic E-state index is 0.960. The highest BCUT2D eigenvalue weighted by Gasteiger charge is 2.09. The largest absolute Gasteiger partial charge is 0.256 e. The van der Waals surface area contributed by atoms with Crippen LogP contribution in [-0.2, 0) is 13.1 Å². The van der Waals surface area contributed by atoms with Gasteiger partial charge in [0.1, 0.15) is 0 Å². The first kappa shape index (κ1) is 17.0. The van der Waals surface area contributed by atoms with Crippen molar-refractivity contribution in [2.45, 2.75) is 19.5 Å². The third kappa shape index (κ3) is 4.42. The van der Waals surface area contributed by atoms with E-state index in [2.05, 4.69) is 68.2 Å². The van der Waals surface area contributed by atoms with Crippen LogP contribution < -0.4 is 9.13 Å². The van der Waals surface area contributed by atoms with Gasteiger partial charge in [0.05, 0.1) is 28.9 Å². The van der Waals surface area contributed by atoms with Crippen molar-refractivity contribution >= 4 is 0 Å². The molecule has 0 amide bonds. The summed E-state index contributed by atoms with van der Waals surface area (Å²) in [6.07, 6.45) is 13.3. The lowest BCUT2D eigenvalue weighted by atomic mass is 10.2. The van der Waals surface area contributed by atoms with Gasteiger partial charge in [-0.05, 0) is 36.4 Å². The van der Waals surface area contributed by atoms with E-state index in [9.17, 15) is 0 Å². The molecule has 0 saturated heterocycles. The fourth-order valence-electron chi connectivity index (χ4n) is 3.13. The molecule has 132 valence electrons. The molecule has 0 spiro atoms. The second kappa shape index (κ2) is 8.32. The standard InChI is InChI=1S/C23H22N4/c1-3-12-24-22(10-1)20-8-5-14-26(18-20)16-7-17-27-15-6-9-21(19-27)23-11-2-4-13-25-23/h1-6,8-15,18-19H,7,16-17H2/q+2. The van der Waals surface area contributed by atoms with Crippen molar-refractivity contribution in [3.05, 3.63) is 97.8 Å². The van der Waals surface area contributed by atoms with Gasteiger partial charge in [-0.1, -0.05) is 12.1 Å². The zero-order chi connectivity index (χ0) is 18.3. The van der Waals surface area contributed by atoms with E-state index in [1.807, 2.05) is 48.8 Å². The number of nitrogens with zero attached hydrogens (tertiary/aromatic N) is 4. The van der Waals surface area contributed by atoms with E-state index in [4.69, 9.17) is 0 Å². The Bertz CT molecular complexity index is 918. The highest BCUT2D eigenvalue weighted by Crippen LogP contribution is 2.14. The van der Waals surface area contributed by atoms with E-state index in [0.717, 1.165) is 42.0 Å². The van der Waals surface area contributed by atoms with Crippen molar-refractivity contribution in [3.63, 3.8) is 0 Å². The first-order valence-corrected chi connectivity index (χ1v) is 9.19. The van der Waals surface area contributed by atoms with Gasteiger partial charge in [0, 0.05) is 24.5 Å². The quantitative estimate of drug-likeness (QED) is 0.497. The summed E-state index contributed by atoms with van der Waals surface area (Å²) in [5, 5.41) is 0. The van der Waals surface area contributed by atoms with Gasteiger partial charge >= 0.3 is 0 Å². The molecular formula is C23H22N4+2. The normalized spacial score (nSPS) is 10.7. The molecule has 0 unspecified atom stereocenters. The molecule has 0 saturated carbocycles. The minimum absolute atomic E-state index is 0.960. The number of aryl methyl sites for hydroxylation is 2. The van der Waals surface area contributed by atoms with Crippen LogP contribution in [0, 0.1) is 0 Å². The summed E-state index contributed by atoms with van der Waals surface area (Å²) in [6, 6.07) is 20.4. The Balaban J connectivity index is 1.41. The van der Waals surface area contributed by atoms with E-state index in [-0.39, 0.29) is 0 Å². The van der Waals surface area contributed by atoms with Crippen LogP contribution in [0.25, 0.3) is 22.5 Å². The summed E-state index contributed by atoms with van der Waals surface area (Å²) in [6.45, 7) is 1.92. The fraction of sp³-hybridized carbons (Fsp3) is 0.130. The van der Waals surface area contributed by atoms with E-state index in [1.54, 1.807) is 0 Å². The topological polar surface area (TPSA) is 33.5 Å². The Hall–Kier alpha value is -3.40. The Labute approximate surface area is 159 Å². The highest BCUT2D eigenvalue weighted by molar-refractivity contribution is 5.56. The summed E-state index contributed by atoms with van der Waals surface area (Å²) in [5.41, 5.74) is 4.29. The average molecular weight is 354 g/mol. The van der Waals surface area contributed by atoms with Crippen LogP contribution in [0.4, 0.5) is 0 Å². The lowest BCUT2D eigenvalue weighted by Gasteiger charge is -2.02. The molecule has 0 bridgehead atoms. The monoisotopic (exact) mass is 354 g/mol. The molecule has 4 heteroatoms. The van der Waals surface area contributed by atoms with Gasteiger partial charge in [-0.15, -0.1) is 0 Å². The van der Waals surface area contributed by atoms with E-state index >= 15 is 0 Å². The number of hydrogen-bond donors (Lipinski definition) is 0. The van der Waals surface area contributed by atoms with Crippen molar-refractivity contribution in [1.82, 2.24) is 9.97 Å². The lowest BCUT2D eigenvalue weighted by Crippen LogP contribution is -2.38. The van der Waals surface area contributed by atoms with Crippen LogP contribution in [0.2, 0.25) is 0 Å². The Morgan fingerprint density at radius 1 is 0.593 bits per heavy atom. The molecule has 0 aliphatic carbocycles. The van der Waals surface area contributed by atoms with Gasteiger partial charge in [0.2, 0.25) is 0 Å². The maximum absolute atomic E-state index is 4.43. The van der Waals surface area contributed by atoms with Gasteiger partial charge < -0.3 is 0 Å². The summed E-state index contributed by atoms with van der Waals surface area (Å²) < 4.78 is 4.46. The maximum atomic E-state index is 4.43. The van der Waals surface area contributed by atoms with E-state index in [1.165, 1.54) is 0 Å². The van der Waals surface area contributed by atoms with Crippen molar-refractivity contribution in [1.29, 1.82) is 0 Å². The Kier molecular flexibility index (Phi) is 5.25. The van der Waals surface area contributed by atoms with Crippen LogP contribution >= 0.6 is 0 Å². The van der Waals surface area contributed by atoms with Crippen LogP contribution in [0.5, 0.6) is 0 Å². The molecule has 4 heterocycles. The molecular weight excluding hydrogens is 332 g/mol. The molecule has 0 radical (unpaired) electrons. The van der Waals surface area contributed by atoms with Crippen molar-refractivity contribution in [3.8, 4) is 22.5 Å². The van der Waals surface area contributed by atoms with Crippen LogP contribution in [0.3, 0.4) is 0 Å². The smallest absolute Gasteiger partial charge is 0.178 e. The SMILES string of the molecule is c1ccc(-c2ccc[n+](CCC[n+]3cccc(-c4ccccn4)c3)c2)nc1. The zero-order valence-electron chi connectivity index (χ0n) is 15.1. The second-order valence-electron chi connectivity index (χ2n) is 6.44. The van der Waals surface area contributed by atoms with Crippen LogP contribution in [-0.4, -0.2) is 9.97 Å². The van der Waals surface area contributed by atoms with E-state index < -0.39 is 0 Å².